The average Bonchev–Trinajstić information content (AvgIpc) is 2.26. The van der Waals surface area contributed by atoms with Crippen molar-refractivity contribution in [2.45, 2.75) is 13.8 Å². The fourth-order valence-electron chi connectivity index (χ4n) is 1.23. The number of carbonyl (C=O) groups excluding carboxylic acids is 1. The molecule has 0 atom stereocenters. The first-order chi connectivity index (χ1) is 7.45. The van der Waals surface area contributed by atoms with Gasteiger partial charge in [0.05, 0.1) is 5.56 Å². The van der Waals surface area contributed by atoms with Crippen LogP contribution in [0.3, 0.4) is 0 Å². The Morgan fingerprint density at radius 1 is 1.56 bits per heavy atom. The van der Waals surface area contributed by atoms with Crippen LogP contribution in [-0.4, -0.2) is 34.3 Å². The van der Waals surface area contributed by atoms with E-state index < -0.39 is 4.92 Å². The van der Waals surface area contributed by atoms with Crippen LogP contribution >= 0.6 is 0 Å². The molecule has 6 heteroatoms. The Morgan fingerprint density at radius 2 is 2.19 bits per heavy atom. The molecule has 0 aliphatic rings. The van der Waals surface area contributed by atoms with Gasteiger partial charge in [-0.15, -0.1) is 0 Å². The molecular weight excluding hydrogens is 210 g/mol. The van der Waals surface area contributed by atoms with Gasteiger partial charge in [0.1, 0.15) is 0 Å². The second-order valence-electron chi connectivity index (χ2n) is 3.43. The molecule has 1 heterocycles. The van der Waals surface area contributed by atoms with E-state index in [1.165, 1.54) is 11.0 Å². The Labute approximate surface area is 93.1 Å². The molecule has 0 bridgehead atoms. The molecule has 1 aromatic rings. The molecule has 0 unspecified atom stereocenters. The lowest BCUT2D eigenvalue weighted by molar-refractivity contribution is -0.389. The van der Waals surface area contributed by atoms with E-state index in [2.05, 4.69) is 4.98 Å². The molecule has 6 nitrogen and oxygen atoms in total. The van der Waals surface area contributed by atoms with E-state index in [-0.39, 0.29) is 11.7 Å². The second-order valence-corrected chi connectivity index (χ2v) is 3.43. The molecule has 1 amide bonds. The van der Waals surface area contributed by atoms with Gasteiger partial charge >= 0.3 is 5.82 Å². The minimum Gasteiger partial charge on any atom is -0.358 e. The van der Waals surface area contributed by atoms with E-state index in [0.29, 0.717) is 17.8 Å². The first-order valence-corrected chi connectivity index (χ1v) is 4.84. The molecule has 0 fully saturated rings. The lowest BCUT2D eigenvalue weighted by Gasteiger charge is -2.13. The molecule has 0 saturated heterocycles. The molecule has 1 aromatic heterocycles. The lowest BCUT2D eigenvalue weighted by atomic mass is 10.2. The molecule has 0 aliphatic heterocycles. The van der Waals surface area contributed by atoms with E-state index >= 15 is 0 Å². The van der Waals surface area contributed by atoms with Gasteiger partial charge in [0.15, 0.2) is 5.69 Å². The zero-order valence-electron chi connectivity index (χ0n) is 9.43. The Kier molecular flexibility index (Phi) is 3.55. The van der Waals surface area contributed by atoms with Crippen LogP contribution in [0.4, 0.5) is 5.82 Å². The maximum Gasteiger partial charge on any atom is 0.364 e. The van der Waals surface area contributed by atoms with Gasteiger partial charge in [-0.05, 0) is 22.9 Å². The van der Waals surface area contributed by atoms with Crippen molar-refractivity contribution in [2.24, 2.45) is 0 Å². The van der Waals surface area contributed by atoms with Crippen molar-refractivity contribution in [2.75, 3.05) is 13.6 Å². The quantitative estimate of drug-likeness (QED) is 0.573. The van der Waals surface area contributed by atoms with E-state index in [1.54, 1.807) is 20.0 Å². The number of pyridine rings is 1. The summed E-state index contributed by atoms with van der Waals surface area (Å²) in [6.45, 7) is 4.00. The highest BCUT2D eigenvalue weighted by molar-refractivity contribution is 5.94. The van der Waals surface area contributed by atoms with Crippen LogP contribution < -0.4 is 0 Å². The lowest BCUT2D eigenvalue weighted by Crippen LogP contribution is -2.26. The highest BCUT2D eigenvalue weighted by atomic mass is 16.6. The number of amides is 1. The predicted octanol–water partition coefficient (Wildman–Crippen LogP) is 1.39. The third-order valence-corrected chi connectivity index (χ3v) is 2.19. The third-order valence-electron chi connectivity index (χ3n) is 2.19. The number of nitro groups is 1. The van der Waals surface area contributed by atoms with Gasteiger partial charge in [0.25, 0.3) is 5.91 Å². The van der Waals surface area contributed by atoms with Crippen LogP contribution in [-0.2, 0) is 0 Å². The number of aryl methyl sites for hydroxylation is 1. The standard InChI is InChI=1S/C10H13N3O3/c1-4-12(3)10(14)8-5-7(2)11-9(6-8)13(15)16/h5-6H,4H2,1-3H3. The van der Waals surface area contributed by atoms with Crippen LogP contribution in [0, 0.1) is 17.0 Å². The van der Waals surface area contributed by atoms with Gasteiger partial charge in [-0.3, -0.25) is 4.79 Å². The van der Waals surface area contributed by atoms with Crippen molar-refractivity contribution < 1.29 is 9.72 Å². The first kappa shape index (κ1) is 12.1. The molecule has 0 aliphatic carbocycles. The van der Waals surface area contributed by atoms with Crippen molar-refractivity contribution in [3.8, 4) is 0 Å². The van der Waals surface area contributed by atoms with Crippen LogP contribution in [0.5, 0.6) is 0 Å². The molecular formula is C10H13N3O3. The van der Waals surface area contributed by atoms with Crippen LogP contribution in [0.15, 0.2) is 12.1 Å². The maximum atomic E-state index is 11.8. The minimum absolute atomic E-state index is 0.240. The molecule has 0 N–H and O–H groups in total. The van der Waals surface area contributed by atoms with Gasteiger partial charge in [0, 0.05) is 26.6 Å². The Hall–Kier alpha value is -1.98. The normalized spacial score (nSPS) is 9.94. The molecule has 0 aromatic carbocycles. The fraction of sp³-hybridized carbons (Fsp3) is 0.400. The number of carbonyl (C=O) groups is 1. The molecule has 0 radical (unpaired) electrons. The highest BCUT2D eigenvalue weighted by Crippen LogP contribution is 2.13. The van der Waals surface area contributed by atoms with Gasteiger partial charge in [-0.25, -0.2) is 0 Å². The number of rotatable bonds is 3. The van der Waals surface area contributed by atoms with Crippen molar-refractivity contribution in [1.29, 1.82) is 0 Å². The second kappa shape index (κ2) is 4.69. The number of hydrogen-bond donors (Lipinski definition) is 0. The summed E-state index contributed by atoms with van der Waals surface area (Å²) >= 11 is 0. The van der Waals surface area contributed by atoms with E-state index in [9.17, 15) is 14.9 Å². The first-order valence-electron chi connectivity index (χ1n) is 4.84. The highest BCUT2D eigenvalue weighted by Gasteiger charge is 2.17. The summed E-state index contributed by atoms with van der Waals surface area (Å²) < 4.78 is 0. The fourth-order valence-corrected chi connectivity index (χ4v) is 1.23. The molecule has 1 rings (SSSR count). The summed E-state index contributed by atoms with van der Waals surface area (Å²) in [5.74, 6) is -0.538. The monoisotopic (exact) mass is 223 g/mol. The van der Waals surface area contributed by atoms with Crippen LogP contribution in [0.25, 0.3) is 0 Å². The molecule has 0 saturated carbocycles. The van der Waals surface area contributed by atoms with Crippen molar-refractivity contribution >= 4 is 11.7 Å². The summed E-state index contributed by atoms with van der Waals surface area (Å²) in [5, 5.41) is 10.6. The summed E-state index contributed by atoms with van der Waals surface area (Å²) in [7, 11) is 1.64. The van der Waals surface area contributed by atoms with E-state index in [0.717, 1.165) is 0 Å². The van der Waals surface area contributed by atoms with Gasteiger partial charge < -0.3 is 15.0 Å². The molecule has 16 heavy (non-hydrogen) atoms. The zero-order chi connectivity index (χ0) is 12.3. The van der Waals surface area contributed by atoms with Gasteiger partial charge in [-0.1, -0.05) is 0 Å². The van der Waals surface area contributed by atoms with Crippen molar-refractivity contribution in [3.63, 3.8) is 0 Å². The van der Waals surface area contributed by atoms with Crippen LogP contribution in [0.2, 0.25) is 0 Å². The molecule has 0 spiro atoms. The maximum absolute atomic E-state index is 11.8. The Balaban J connectivity index is 3.14. The topological polar surface area (TPSA) is 76.3 Å². The number of hydrogen-bond acceptors (Lipinski definition) is 4. The smallest absolute Gasteiger partial charge is 0.358 e. The SMILES string of the molecule is CCN(C)C(=O)c1cc(C)nc([N+](=O)[O-])c1. The number of nitrogens with zero attached hydrogens (tertiary/aromatic N) is 3. The summed E-state index contributed by atoms with van der Waals surface area (Å²) in [4.78, 5) is 27.0. The van der Waals surface area contributed by atoms with Crippen molar-refractivity contribution in [1.82, 2.24) is 9.88 Å². The average molecular weight is 223 g/mol. The summed E-state index contributed by atoms with van der Waals surface area (Å²) in [5.41, 5.74) is 0.755. The summed E-state index contributed by atoms with van der Waals surface area (Å²) in [6, 6.07) is 2.74. The van der Waals surface area contributed by atoms with Crippen LogP contribution in [0.1, 0.15) is 23.0 Å². The van der Waals surface area contributed by atoms with Crippen molar-refractivity contribution in [3.05, 3.63) is 33.5 Å². The summed E-state index contributed by atoms with van der Waals surface area (Å²) in [6.07, 6.45) is 0. The number of aromatic nitrogens is 1. The Bertz CT molecular complexity index is 431. The van der Waals surface area contributed by atoms with E-state index in [4.69, 9.17) is 0 Å². The third kappa shape index (κ3) is 2.53. The van der Waals surface area contributed by atoms with Gasteiger partial charge in [0.2, 0.25) is 0 Å². The predicted molar refractivity (Wildman–Crippen MR) is 58.3 cm³/mol. The molecule has 86 valence electrons. The van der Waals surface area contributed by atoms with E-state index in [1.807, 2.05) is 6.92 Å². The van der Waals surface area contributed by atoms with Gasteiger partial charge in [-0.2, -0.15) is 0 Å². The zero-order valence-corrected chi connectivity index (χ0v) is 9.43. The largest absolute Gasteiger partial charge is 0.364 e. The Morgan fingerprint density at radius 3 is 2.69 bits per heavy atom. The minimum atomic E-state index is -0.601.